The van der Waals surface area contributed by atoms with Crippen molar-refractivity contribution in [3.8, 4) is 0 Å². The molecule has 2 radical (unpaired) electrons. The van der Waals surface area contributed by atoms with Crippen molar-refractivity contribution in [2.24, 2.45) is 11.8 Å². The van der Waals surface area contributed by atoms with E-state index in [1.807, 2.05) is 12.1 Å². The van der Waals surface area contributed by atoms with E-state index in [0.717, 1.165) is 30.2 Å². The normalized spacial score (nSPS) is 24.0. The van der Waals surface area contributed by atoms with Gasteiger partial charge in [0.15, 0.2) is 0 Å². The second-order valence-electron chi connectivity index (χ2n) is 6.75. The number of halogens is 1. The van der Waals surface area contributed by atoms with Gasteiger partial charge in [-0.15, -0.1) is 0 Å². The highest BCUT2D eigenvalue weighted by atomic mass is 19.1. The lowest BCUT2D eigenvalue weighted by Crippen LogP contribution is -2.22. The molecule has 0 aliphatic heterocycles. The van der Waals surface area contributed by atoms with E-state index < -0.39 is 0 Å². The third-order valence-corrected chi connectivity index (χ3v) is 5.52. The van der Waals surface area contributed by atoms with E-state index in [-0.39, 0.29) is 5.82 Å². The van der Waals surface area contributed by atoms with Crippen LogP contribution in [0, 0.1) is 24.6 Å². The fourth-order valence-electron chi connectivity index (χ4n) is 4.08. The topological polar surface area (TPSA) is 0 Å². The van der Waals surface area contributed by atoms with Crippen LogP contribution in [-0.4, -0.2) is 7.85 Å². The Morgan fingerprint density at radius 2 is 1.86 bits per heavy atom. The molecule has 0 heterocycles. The smallest absolute Gasteiger partial charge is 0.128 e. The number of benzene rings is 1. The van der Waals surface area contributed by atoms with Gasteiger partial charge in [0.25, 0.3) is 0 Å². The summed E-state index contributed by atoms with van der Waals surface area (Å²) >= 11 is 0. The molecule has 2 rings (SSSR count). The van der Waals surface area contributed by atoms with Crippen molar-refractivity contribution in [1.82, 2.24) is 0 Å². The maximum atomic E-state index is 14.4. The first-order valence-electron chi connectivity index (χ1n) is 8.62. The van der Waals surface area contributed by atoms with Crippen LogP contribution in [-0.2, 0) is 0 Å². The van der Waals surface area contributed by atoms with Gasteiger partial charge in [-0.3, -0.25) is 0 Å². The van der Waals surface area contributed by atoms with E-state index in [0.29, 0.717) is 16.9 Å². The highest BCUT2D eigenvalue weighted by Crippen LogP contribution is 2.41. The Labute approximate surface area is 130 Å². The molecule has 1 atom stereocenters. The molecule has 0 saturated heterocycles. The lowest BCUT2D eigenvalue weighted by Gasteiger charge is -2.34. The molecular weight excluding hydrogens is 258 g/mol. The molecule has 2 heteroatoms. The van der Waals surface area contributed by atoms with E-state index in [4.69, 9.17) is 7.85 Å². The molecule has 1 aliphatic rings. The zero-order chi connectivity index (χ0) is 15.4. The van der Waals surface area contributed by atoms with Gasteiger partial charge in [-0.2, -0.15) is 0 Å². The molecule has 0 N–H and O–H groups in total. The maximum absolute atomic E-state index is 14.4. The van der Waals surface area contributed by atoms with E-state index >= 15 is 0 Å². The van der Waals surface area contributed by atoms with Crippen LogP contribution in [0.15, 0.2) is 12.1 Å². The lowest BCUT2D eigenvalue weighted by molar-refractivity contribution is 0.213. The molecule has 114 valence electrons. The standard InChI is InChI=1S/C19H28BF/c1-4-6-14(5-2)15-7-9-16(10-8-15)17-11-12-18(20)13(3)19(17)21/h11-12,14-16H,4-10H2,1-3H3. The lowest BCUT2D eigenvalue weighted by atomic mass is 9.71. The van der Waals surface area contributed by atoms with Crippen molar-refractivity contribution in [2.45, 2.75) is 71.6 Å². The summed E-state index contributed by atoms with van der Waals surface area (Å²) in [5.41, 5.74) is 2.08. The minimum Gasteiger partial charge on any atom is -0.206 e. The monoisotopic (exact) mass is 286 g/mol. The van der Waals surface area contributed by atoms with E-state index in [2.05, 4.69) is 13.8 Å². The SMILES string of the molecule is [B]c1ccc(C2CCC(C(CC)CCC)CC2)c(F)c1C. The predicted octanol–water partition coefficient (Wildman–Crippen LogP) is 5.03. The van der Waals surface area contributed by atoms with Crippen LogP contribution in [0.3, 0.4) is 0 Å². The number of rotatable bonds is 5. The Balaban J connectivity index is 2.03. The Kier molecular flexibility index (Phi) is 5.90. The Bertz CT molecular complexity index is 461. The van der Waals surface area contributed by atoms with Gasteiger partial charge in [0, 0.05) is 0 Å². The van der Waals surface area contributed by atoms with Gasteiger partial charge in [0.05, 0.1) is 0 Å². The van der Waals surface area contributed by atoms with Crippen LogP contribution in [0.5, 0.6) is 0 Å². The third kappa shape index (κ3) is 3.70. The Morgan fingerprint density at radius 3 is 2.43 bits per heavy atom. The molecule has 1 saturated carbocycles. The first-order chi connectivity index (χ1) is 10.1. The summed E-state index contributed by atoms with van der Waals surface area (Å²) in [7, 11) is 5.79. The molecule has 1 fully saturated rings. The van der Waals surface area contributed by atoms with E-state index in [1.54, 1.807) is 6.92 Å². The van der Waals surface area contributed by atoms with Crippen LogP contribution >= 0.6 is 0 Å². The predicted molar refractivity (Wildman–Crippen MR) is 89.9 cm³/mol. The summed E-state index contributed by atoms with van der Waals surface area (Å²) in [6.07, 6.45) is 8.69. The zero-order valence-electron chi connectivity index (χ0n) is 13.8. The van der Waals surface area contributed by atoms with Gasteiger partial charge >= 0.3 is 0 Å². The Morgan fingerprint density at radius 1 is 1.19 bits per heavy atom. The fraction of sp³-hybridized carbons (Fsp3) is 0.684. The van der Waals surface area contributed by atoms with E-state index in [1.165, 1.54) is 32.1 Å². The molecule has 1 aromatic carbocycles. The van der Waals surface area contributed by atoms with Crippen LogP contribution < -0.4 is 5.46 Å². The molecule has 0 amide bonds. The van der Waals surface area contributed by atoms with Crippen LogP contribution in [0.25, 0.3) is 0 Å². The van der Waals surface area contributed by atoms with Crippen LogP contribution in [0.1, 0.15) is 75.8 Å². The third-order valence-electron chi connectivity index (χ3n) is 5.52. The molecule has 0 spiro atoms. The van der Waals surface area contributed by atoms with Crippen molar-refractivity contribution >= 4 is 13.3 Å². The maximum Gasteiger partial charge on any atom is 0.128 e. The molecule has 1 unspecified atom stereocenters. The largest absolute Gasteiger partial charge is 0.206 e. The highest BCUT2D eigenvalue weighted by molar-refractivity contribution is 6.33. The Hall–Kier alpha value is -0.785. The van der Waals surface area contributed by atoms with Gasteiger partial charge in [-0.25, -0.2) is 4.39 Å². The number of hydrogen-bond donors (Lipinski definition) is 0. The molecule has 0 aromatic heterocycles. The number of hydrogen-bond acceptors (Lipinski definition) is 0. The van der Waals surface area contributed by atoms with Crippen molar-refractivity contribution < 1.29 is 4.39 Å². The first-order valence-corrected chi connectivity index (χ1v) is 8.62. The summed E-state index contributed by atoms with van der Waals surface area (Å²) < 4.78 is 14.4. The molecule has 21 heavy (non-hydrogen) atoms. The summed E-state index contributed by atoms with van der Waals surface area (Å²) in [5.74, 6) is 2.04. The molecule has 0 bridgehead atoms. The second kappa shape index (κ2) is 7.47. The van der Waals surface area contributed by atoms with Gasteiger partial charge in [-0.05, 0) is 61.5 Å². The first kappa shape index (κ1) is 16.6. The van der Waals surface area contributed by atoms with Crippen LogP contribution in [0.4, 0.5) is 4.39 Å². The molecule has 1 aliphatic carbocycles. The minimum atomic E-state index is -0.0703. The summed E-state index contributed by atoms with van der Waals surface area (Å²) in [4.78, 5) is 0. The van der Waals surface area contributed by atoms with Crippen molar-refractivity contribution in [2.75, 3.05) is 0 Å². The van der Waals surface area contributed by atoms with Gasteiger partial charge in [0.2, 0.25) is 0 Å². The van der Waals surface area contributed by atoms with E-state index in [9.17, 15) is 4.39 Å². The minimum absolute atomic E-state index is 0.0703. The zero-order valence-corrected chi connectivity index (χ0v) is 13.8. The second-order valence-corrected chi connectivity index (χ2v) is 6.75. The van der Waals surface area contributed by atoms with Gasteiger partial charge in [-0.1, -0.05) is 50.7 Å². The van der Waals surface area contributed by atoms with Crippen molar-refractivity contribution in [3.63, 3.8) is 0 Å². The summed E-state index contributed by atoms with van der Waals surface area (Å²) in [5, 5.41) is 0. The molecule has 0 nitrogen and oxygen atoms in total. The summed E-state index contributed by atoms with van der Waals surface area (Å²) in [6, 6.07) is 3.78. The highest BCUT2D eigenvalue weighted by Gasteiger charge is 2.28. The quantitative estimate of drug-likeness (QED) is 0.666. The van der Waals surface area contributed by atoms with Gasteiger partial charge in [0.1, 0.15) is 13.7 Å². The van der Waals surface area contributed by atoms with Gasteiger partial charge < -0.3 is 0 Å². The molecular formula is C19H28BF. The van der Waals surface area contributed by atoms with Crippen molar-refractivity contribution in [3.05, 3.63) is 29.1 Å². The molecule has 1 aromatic rings. The van der Waals surface area contributed by atoms with Crippen molar-refractivity contribution in [1.29, 1.82) is 0 Å². The average Bonchev–Trinajstić information content (AvgIpc) is 2.51. The summed E-state index contributed by atoms with van der Waals surface area (Å²) in [6.45, 7) is 6.38. The average molecular weight is 286 g/mol. The fourth-order valence-corrected chi connectivity index (χ4v) is 4.08. The van der Waals surface area contributed by atoms with Crippen LogP contribution in [0.2, 0.25) is 0 Å².